The lowest BCUT2D eigenvalue weighted by Gasteiger charge is -2.14. The molecule has 8 heteroatoms. The Bertz CT molecular complexity index is 461. The maximum absolute atomic E-state index is 12.8. The molecule has 1 saturated heterocycles. The molecule has 0 amide bonds. The lowest BCUT2D eigenvalue weighted by molar-refractivity contribution is -0.141. The Hall–Kier alpha value is -1.57. The molecule has 0 saturated carbocycles. The summed E-state index contributed by atoms with van der Waals surface area (Å²) in [4.78, 5) is 7.58. The van der Waals surface area contributed by atoms with Crippen LogP contribution >= 0.6 is 0 Å². The van der Waals surface area contributed by atoms with Crippen molar-refractivity contribution < 1.29 is 17.9 Å². The molecule has 21 heavy (non-hydrogen) atoms. The van der Waals surface area contributed by atoms with Crippen LogP contribution in [0.15, 0.2) is 6.07 Å². The molecule has 2 heterocycles. The van der Waals surface area contributed by atoms with Crippen molar-refractivity contribution >= 4 is 11.8 Å². The number of halogens is 3. The Labute approximate surface area is 121 Å². The van der Waals surface area contributed by atoms with E-state index in [1.165, 1.54) is 0 Å². The Morgan fingerprint density at radius 1 is 1.33 bits per heavy atom. The van der Waals surface area contributed by atoms with Gasteiger partial charge < -0.3 is 15.4 Å². The smallest absolute Gasteiger partial charge is 0.381 e. The SMILES string of the molecule is CCCNc1nc(NCC2CCOC2)cc(C(F)(F)F)n1. The third kappa shape index (κ3) is 4.73. The van der Waals surface area contributed by atoms with Crippen molar-refractivity contribution in [1.82, 2.24) is 9.97 Å². The summed E-state index contributed by atoms with van der Waals surface area (Å²) in [5.41, 5.74) is -0.943. The zero-order valence-electron chi connectivity index (χ0n) is 11.8. The molecule has 0 spiro atoms. The average molecular weight is 304 g/mol. The Morgan fingerprint density at radius 2 is 2.14 bits per heavy atom. The van der Waals surface area contributed by atoms with Gasteiger partial charge in [0.25, 0.3) is 0 Å². The quantitative estimate of drug-likeness (QED) is 0.846. The fraction of sp³-hybridized carbons (Fsp3) is 0.692. The van der Waals surface area contributed by atoms with E-state index >= 15 is 0 Å². The minimum absolute atomic E-state index is 0.00292. The molecule has 1 aromatic heterocycles. The van der Waals surface area contributed by atoms with Gasteiger partial charge in [0.1, 0.15) is 5.82 Å². The van der Waals surface area contributed by atoms with Crippen LogP contribution in [-0.2, 0) is 10.9 Å². The van der Waals surface area contributed by atoms with E-state index in [-0.39, 0.29) is 11.8 Å². The van der Waals surface area contributed by atoms with E-state index in [9.17, 15) is 13.2 Å². The molecular formula is C13H19F3N4O. The Kier molecular flexibility index (Phi) is 5.22. The first-order chi connectivity index (χ1) is 9.99. The van der Waals surface area contributed by atoms with Crippen molar-refractivity contribution in [2.24, 2.45) is 5.92 Å². The maximum Gasteiger partial charge on any atom is 0.433 e. The van der Waals surface area contributed by atoms with Gasteiger partial charge in [-0.25, -0.2) is 4.98 Å². The monoisotopic (exact) mass is 304 g/mol. The lowest BCUT2D eigenvalue weighted by Crippen LogP contribution is -2.18. The topological polar surface area (TPSA) is 59.1 Å². The molecule has 1 aliphatic rings. The molecule has 0 aromatic carbocycles. The highest BCUT2D eigenvalue weighted by molar-refractivity contribution is 5.43. The summed E-state index contributed by atoms with van der Waals surface area (Å²) in [5, 5.41) is 5.73. The number of nitrogens with zero attached hydrogens (tertiary/aromatic N) is 2. The fourth-order valence-electron chi connectivity index (χ4n) is 1.99. The van der Waals surface area contributed by atoms with Crippen molar-refractivity contribution in [1.29, 1.82) is 0 Å². The number of anilines is 2. The van der Waals surface area contributed by atoms with Crippen LogP contribution < -0.4 is 10.6 Å². The standard InChI is InChI=1S/C13H19F3N4O/c1-2-4-17-12-19-10(13(14,15)16)6-11(20-12)18-7-9-3-5-21-8-9/h6,9H,2-5,7-8H2,1H3,(H2,17,18,19,20). The Morgan fingerprint density at radius 3 is 2.76 bits per heavy atom. The van der Waals surface area contributed by atoms with Crippen molar-refractivity contribution in [3.05, 3.63) is 11.8 Å². The fourth-order valence-corrected chi connectivity index (χ4v) is 1.99. The van der Waals surface area contributed by atoms with Gasteiger partial charge in [-0.15, -0.1) is 0 Å². The number of ether oxygens (including phenoxy) is 1. The predicted molar refractivity (Wildman–Crippen MR) is 73.2 cm³/mol. The molecule has 0 bridgehead atoms. The molecule has 2 N–H and O–H groups in total. The third-order valence-electron chi connectivity index (χ3n) is 3.15. The van der Waals surface area contributed by atoms with Gasteiger partial charge in [-0.2, -0.15) is 18.2 Å². The number of rotatable bonds is 6. The van der Waals surface area contributed by atoms with Crippen LogP contribution in [0.1, 0.15) is 25.5 Å². The molecule has 1 fully saturated rings. The van der Waals surface area contributed by atoms with Gasteiger partial charge in [0.05, 0.1) is 6.61 Å². The number of hydrogen-bond donors (Lipinski definition) is 2. The first-order valence-electron chi connectivity index (χ1n) is 7.01. The number of hydrogen-bond acceptors (Lipinski definition) is 5. The average Bonchev–Trinajstić information content (AvgIpc) is 2.95. The third-order valence-corrected chi connectivity index (χ3v) is 3.15. The molecule has 1 aliphatic heterocycles. The summed E-state index contributed by atoms with van der Waals surface area (Å²) in [5.74, 6) is 0.487. The van der Waals surface area contributed by atoms with Crippen molar-refractivity contribution in [3.8, 4) is 0 Å². The zero-order chi connectivity index (χ0) is 15.3. The first-order valence-corrected chi connectivity index (χ1v) is 7.01. The molecule has 0 aliphatic carbocycles. The Balaban J connectivity index is 2.09. The van der Waals surface area contributed by atoms with Gasteiger partial charge in [-0.05, 0) is 12.8 Å². The lowest BCUT2D eigenvalue weighted by atomic mass is 10.1. The molecule has 1 aromatic rings. The number of alkyl halides is 3. The van der Waals surface area contributed by atoms with Gasteiger partial charge in [0, 0.05) is 31.7 Å². The van der Waals surface area contributed by atoms with Crippen LogP contribution in [-0.4, -0.2) is 36.3 Å². The summed E-state index contributed by atoms with van der Waals surface area (Å²) in [6.07, 6.45) is -2.80. The van der Waals surface area contributed by atoms with Gasteiger partial charge >= 0.3 is 6.18 Å². The van der Waals surface area contributed by atoms with Gasteiger partial charge in [-0.1, -0.05) is 6.92 Å². The summed E-state index contributed by atoms with van der Waals surface area (Å²) < 4.78 is 43.8. The predicted octanol–water partition coefficient (Wildman–Crippen LogP) is 2.77. The van der Waals surface area contributed by atoms with E-state index in [1.807, 2.05) is 6.92 Å². The van der Waals surface area contributed by atoms with E-state index in [2.05, 4.69) is 20.6 Å². The van der Waals surface area contributed by atoms with Gasteiger partial charge in [-0.3, -0.25) is 0 Å². The van der Waals surface area contributed by atoms with Crippen LogP contribution in [0.25, 0.3) is 0 Å². The second kappa shape index (κ2) is 6.93. The van der Waals surface area contributed by atoms with Crippen LogP contribution in [0.4, 0.5) is 24.9 Å². The summed E-state index contributed by atoms with van der Waals surface area (Å²) >= 11 is 0. The summed E-state index contributed by atoms with van der Waals surface area (Å²) in [6, 6.07) is 0.937. The molecule has 1 unspecified atom stereocenters. The van der Waals surface area contributed by atoms with Crippen LogP contribution in [0.2, 0.25) is 0 Å². The normalized spacial score (nSPS) is 18.8. The van der Waals surface area contributed by atoms with Gasteiger partial charge in [0.15, 0.2) is 5.69 Å². The summed E-state index contributed by atoms with van der Waals surface area (Å²) in [7, 11) is 0. The van der Waals surface area contributed by atoms with E-state index < -0.39 is 11.9 Å². The molecule has 1 atom stereocenters. The van der Waals surface area contributed by atoms with Crippen molar-refractivity contribution in [2.45, 2.75) is 25.9 Å². The molecule has 2 rings (SSSR count). The van der Waals surface area contributed by atoms with E-state index in [1.54, 1.807) is 0 Å². The number of aromatic nitrogens is 2. The molecule has 5 nitrogen and oxygen atoms in total. The van der Waals surface area contributed by atoms with Crippen molar-refractivity contribution in [2.75, 3.05) is 36.9 Å². The van der Waals surface area contributed by atoms with E-state index in [0.29, 0.717) is 32.2 Å². The number of nitrogens with one attached hydrogen (secondary N) is 2. The first kappa shape index (κ1) is 15.8. The second-order valence-electron chi connectivity index (χ2n) is 5.00. The second-order valence-corrected chi connectivity index (χ2v) is 5.00. The highest BCUT2D eigenvalue weighted by atomic mass is 19.4. The van der Waals surface area contributed by atoms with E-state index in [4.69, 9.17) is 4.74 Å². The maximum atomic E-state index is 12.8. The molecule has 0 radical (unpaired) electrons. The molecular weight excluding hydrogens is 285 g/mol. The van der Waals surface area contributed by atoms with Crippen LogP contribution in [0.5, 0.6) is 0 Å². The van der Waals surface area contributed by atoms with Gasteiger partial charge in [0.2, 0.25) is 5.95 Å². The highest BCUT2D eigenvalue weighted by Gasteiger charge is 2.33. The summed E-state index contributed by atoms with van der Waals surface area (Å²) in [6.45, 7) is 4.32. The zero-order valence-corrected chi connectivity index (χ0v) is 11.8. The largest absolute Gasteiger partial charge is 0.433 e. The van der Waals surface area contributed by atoms with Crippen LogP contribution in [0, 0.1) is 5.92 Å². The minimum Gasteiger partial charge on any atom is -0.381 e. The minimum atomic E-state index is -4.49. The highest BCUT2D eigenvalue weighted by Crippen LogP contribution is 2.29. The molecule has 118 valence electrons. The van der Waals surface area contributed by atoms with Crippen LogP contribution in [0.3, 0.4) is 0 Å². The van der Waals surface area contributed by atoms with E-state index in [0.717, 1.165) is 18.9 Å². The van der Waals surface area contributed by atoms with Crippen molar-refractivity contribution in [3.63, 3.8) is 0 Å².